The zero-order valence-electron chi connectivity index (χ0n) is 21.5. The maximum absolute atomic E-state index is 13.1. The highest BCUT2D eigenvalue weighted by Crippen LogP contribution is 2.31. The molecule has 208 valence electrons. The lowest BCUT2D eigenvalue weighted by Crippen LogP contribution is -2.30. The van der Waals surface area contributed by atoms with Crippen LogP contribution in [-0.2, 0) is 14.8 Å². The van der Waals surface area contributed by atoms with E-state index >= 15 is 0 Å². The Hall–Kier alpha value is -3.78. The van der Waals surface area contributed by atoms with Crippen LogP contribution in [0.3, 0.4) is 0 Å². The third-order valence-electron chi connectivity index (χ3n) is 5.85. The summed E-state index contributed by atoms with van der Waals surface area (Å²) in [4.78, 5) is 23.6. The van der Waals surface area contributed by atoms with Crippen LogP contribution in [0.2, 0.25) is 5.02 Å². The van der Waals surface area contributed by atoms with Gasteiger partial charge in [0.15, 0.2) is 11.0 Å². The number of nitrogens with zero attached hydrogens (tertiary/aromatic N) is 5. The molecule has 0 saturated heterocycles. The maximum atomic E-state index is 13.1. The fourth-order valence-corrected chi connectivity index (χ4v) is 6.37. The van der Waals surface area contributed by atoms with Crippen molar-refractivity contribution in [3.05, 3.63) is 87.9 Å². The van der Waals surface area contributed by atoms with E-state index in [0.717, 1.165) is 17.8 Å². The Balaban J connectivity index is 1.65. The van der Waals surface area contributed by atoms with Gasteiger partial charge in [0.1, 0.15) is 5.69 Å². The van der Waals surface area contributed by atoms with E-state index in [1.807, 2.05) is 30.3 Å². The molecule has 0 atom stereocenters. The number of carbonyl (C=O) groups excluding carboxylic acids is 1. The average molecular weight is 601 g/mol. The number of nitro benzene ring substituents is 1. The molecule has 14 heteroatoms. The molecule has 0 spiro atoms. The van der Waals surface area contributed by atoms with E-state index in [1.54, 1.807) is 36.6 Å². The molecule has 0 bridgehead atoms. The standard InChI is InChI=1S/C26H25ClN6O5S2/c1-3-31(4-2)40(37,38)21-12-8-9-18(15-21)25-29-30-26(32(25)20-10-6-5-7-11-20)39-17-24(34)28-22-14-13-19(27)16-23(22)33(35)36/h5-16H,3-4,17H2,1-2H3,(H,28,34). The molecule has 4 rings (SSSR count). The van der Waals surface area contributed by atoms with E-state index in [9.17, 15) is 23.3 Å². The minimum Gasteiger partial charge on any atom is -0.320 e. The molecule has 4 aromatic rings. The average Bonchev–Trinajstić information content (AvgIpc) is 3.38. The van der Waals surface area contributed by atoms with Crippen molar-refractivity contribution >= 4 is 50.7 Å². The van der Waals surface area contributed by atoms with Crippen LogP contribution in [0.5, 0.6) is 0 Å². The molecule has 0 saturated carbocycles. The number of nitro groups is 1. The predicted octanol–water partition coefficient (Wildman–Crippen LogP) is 5.26. The Morgan fingerprint density at radius 3 is 2.45 bits per heavy atom. The highest BCUT2D eigenvalue weighted by atomic mass is 35.5. The van der Waals surface area contributed by atoms with Crippen molar-refractivity contribution in [1.82, 2.24) is 19.1 Å². The zero-order chi connectivity index (χ0) is 28.9. The van der Waals surface area contributed by atoms with Gasteiger partial charge in [-0.15, -0.1) is 10.2 Å². The molecule has 1 N–H and O–H groups in total. The Morgan fingerprint density at radius 1 is 1.05 bits per heavy atom. The molecular formula is C26H25ClN6O5S2. The third-order valence-corrected chi connectivity index (χ3v) is 9.06. The van der Waals surface area contributed by atoms with E-state index in [4.69, 9.17) is 11.6 Å². The van der Waals surface area contributed by atoms with Gasteiger partial charge in [-0.2, -0.15) is 4.31 Å². The van der Waals surface area contributed by atoms with Gasteiger partial charge in [-0.05, 0) is 36.4 Å². The molecule has 1 heterocycles. The molecule has 1 amide bonds. The van der Waals surface area contributed by atoms with Crippen molar-refractivity contribution in [1.29, 1.82) is 0 Å². The van der Waals surface area contributed by atoms with Gasteiger partial charge < -0.3 is 5.32 Å². The first-order valence-electron chi connectivity index (χ1n) is 12.1. The molecule has 0 fully saturated rings. The summed E-state index contributed by atoms with van der Waals surface area (Å²) in [6.45, 7) is 4.24. The van der Waals surface area contributed by atoms with Gasteiger partial charge in [-0.25, -0.2) is 8.42 Å². The molecular weight excluding hydrogens is 576 g/mol. The Morgan fingerprint density at radius 2 is 1.77 bits per heavy atom. The number of aromatic nitrogens is 3. The second-order valence-electron chi connectivity index (χ2n) is 8.35. The highest BCUT2D eigenvalue weighted by molar-refractivity contribution is 7.99. The van der Waals surface area contributed by atoms with E-state index in [0.29, 0.717) is 35.3 Å². The van der Waals surface area contributed by atoms with Crippen molar-refractivity contribution in [2.75, 3.05) is 24.2 Å². The molecule has 11 nitrogen and oxygen atoms in total. The van der Waals surface area contributed by atoms with Crippen LogP contribution in [0.25, 0.3) is 17.1 Å². The van der Waals surface area contributed by atoms with Gasteiger partial charge >= 0.3 is 0 Å². The number of rotatable bonds is 11. The molecule has 3 aromatic carbocycles. The number of thioether (sulfide) groups is 1. The molecule has 0 unspecified atom stereocenters. The van der Waals surface area contributed by atoms with Gasteiger partial charge in [0.05, 0.1) is 15.6 Å². The van der Waals surface area contributed by atoms with Crippen LogP contribution < -0.4 is 5.32 Å². The number of para-hydroxylation sites is 1. The largest absolute Gasteiger partial charge is 0.320 e. The highest BCUT2D eigenvalue weighted by Gasteiger charge is 2.24. The second kappa shape index (κ2) is 12.6. The number of carbonyl (C=O) groups is 1. The fraction of sp³-hybridized carbons (Fsp3) is 0.192. The lowest BCUT2D eigenvalue weighted by atomic mass is 10.2. The zero-order valence-corrected chi connectivity index (χ0v) is 23.9. The topological polar surface area (TPSA) is 140 Å². The van der Waals surface area contributed by atoms with E-state index in [1.165, 1.54) is 22.5 Å². The van der Waals surface area contributed by atoms with Crippen LogP contribution >= 0.6 is 23.4 Å². The van der Waals surface area contributed by atoms with Gasteiger partial charge in [-0.3, -0.25) is 19.5 Å². The van der Waals surface area contributed by atoms with E-state index in [-0.39, 0.29) is 27.0 Å². The van der Waals surface area contributed by atoms with Crippen LogP contribution in [-0.4, -0.2) is 57.2 Å². The summed E-state index contributed by atoms with van der Waals surface area (Å²) >= 11 is 6.94. The number of nitrogens with one attached hydrogen (secondary N) is 1. The third kappa shape index (κ3) is 6.33. The molecule has 0 aliphatic heterocycles. The Bertz CT molecular complexity index is 1640. The molecule has 0 radical (unpaired) electrons. The summed E-state index contributed by atoms with van der Waals surface area (Å²) in [7, 11) is -3.70. The van der Waals surface area contributed by atoms with Crippen molar-refractivity contribution in [3.63, 3.8) is 0 Å². The molecule has 40 heavy (non-hydrogen) atoms. The minimum absolute atomic E-state index is 0.0245. The Kier molecular flexibility index (Phi) is 9.20. The SMILES string of the molecule is CCN(CC)S(=O)(=O)c1cccc(-c2nnc(SCC(=O)Nc3ccc(Cl)cc3[N+](=O)[O-])n2-c2ccccc2)c1. The van der Waals surface area contributed by atoms with E-state index in [2.05, 4.69) is 15.5 Å². The first-order valence-corrected chi connectivity index (χ1v) is 14.9. The summed E-state index contributed by atoms with van der Waals surface area (Å²) in [6.07, 6.45) is 0. The molecule has 0 aliphatic carbocycles. The first-order chi connectivity index (χ1) is 19.1. The Labute approximate surface area is 240 Å². The number of anilines is 1. The summed E-state index contributed by atoms with van der Waals surface area (Å²) < 4.78 is 29.4. The fourth-order valence-electron chi connectivity index (χ4n) is 3.95. The number of benzene rings is 3. The molecule has 1 aromatic heterocycles. The van der Waals surface area contributed by atoms with Gasteiger partial charge in [0.2, 0.25) is 15.9 Å². The smallest absolute Gasteiger partial charge is 0.294 e. The van der Waals surface area contributed by atoms with E-state index < -0.39 is 20.9 Å². The summed E-state index contributed by atoms with van der Waals surface area (Å²) in [5, 5.41) is 23.1. The summed E-state index contributed by atoms with van der Waals surface area (Å²) in [5.41, 5.74) is 0.935. The van der Waals surface area contributed by atoms with Crippen LogP contribution in [0, 0.1) is 10.1 Å². The van der Waals surface area contributed by atoms with Crippen LogP contribution in [0.15, 0.2) is 82.8 Å². The van der Waals surface area contributed by atoms with Crippen molar-refractivity contribution < 1.29 is 18.1 Å². The predicted molar refractivity (Wildman–Crippen MR) is 154 cm³/mol. The maximum Gasteiger partial charge on any atom is 0.294 e. The lowest BCUT2D eigenvalue weighted by molar-refractivity contribution is -0.383. The van der Waals surface area contributed by atoms with Crippen molar-refractivity contribution in [2.45, 2.75) is 23.9 Å². The van der Waals surface area contributed by atoms with Crippen molar-refractivity contribution in [3.8, 4) is 17.1 Å². The summed E-state index contributed by atoms with van der Waals surface area (Å²) in [5.74, 6) is -0.229. The number of halogens is 1. The second-order valence-corrected chi connectivity index (χ2v) is 11.7. The normalized spacial score (nSPS) is 11.5. The monoisotopic (exact) mass is 600 g/mol. The first kappa shape index (κ1) is 29.2. The molecule has 0 aliphatic rings. The number of sulfonamides is 1. The van der Waals surface area contributed by atoms with Crippen LogP contribution in [0.4, 0.5) is 11.4 Å². The number of amides is 1. The van der Waals surface area contributed by atoms with Crippen molar-refractivity contribution in [2.24, 2.45) is 0 Å². The van der Waals surface area contributed by atoms with Gasteiger partial charge in [0.25, 0.3) is 5.69 Å². The lowest BCUT2D eigenvalue weighted by Gasteiger charge is -2.19. The summed E-state index contributed by atoms with van der Waals surface area (Å²) in [6, 6.07) is 19.7. The number of hydrogen-bond acceptors (Lipinski definition) is 8. The minimum atomic E-state index is -3.70. The number of hydrogen-bond donors (Lipinski definition) is 1. The van der Waals surface area contributed by atoms with Gasteiger partial charge in [0, 0.05) is 35.4 Å². The van der Waals surface area contributed by atoms with Crippen LogP contribution in [0.1, 0.15) is 13.8 Å². The quantitative estimate of drug-likeness (QED) is 0.140. The van der Waals surface area contributed by atoms with Gasteiger partial charge in [-0.1, -0.05) is 67.5 Å².